The van der Waals surface area contributed by atoms with Crippen molar-refractivity contribution in [3.63, 3.8) is 0 Å². The average Bonchev–Trinajstić information content (AvgIpc) is 3.55. The first-order chi connectivity index (χ1) is 16.4. The summed E-state index contributed by atoms with van der Waals surface area (Å²) in [5.74, 6) is -0.497. The third kappa shape index (κ3) is 4.17. The van der Waals surface area contributed by atoms with Gasteiger partial charge < -0.3 is 5.32 Å². The van der Waals surface area contributed by atoms with Crippen LogP contribution in [0.5, 0.6) is 0 Å². The Hall–Kier alpha value is -2.93. The fourth-order valence-corrected chi connectivity index (χ4v) is 5.83. The molecule has 0 bridgehead atoms. The molecule has 3 aromatic rings. The van der Waals surface area contributed by atoms with Crippen molar-refractivity contribution in [1.29, 1.82) is 0 Å². The summed E-state index contributed by atoms with van der Waals surface area (Å²) in [5.41, 5.74) is -0.132. The Labute approximate surface area is 197 Å². The highest BCUT2D eigenvalue weighted by atomic mass is 19.4. The smallest absolute Gasteiger partial charge is 0.343 e. The summed E-state index contributed by atoms with van der Waals surface area (Å²) in [6.45, 7) is 1.96. The maximum absolute atomic E-state index is 13.7. The number of pyridine rings is 1. The van der Waals surface area contributed by atoms with Crippen LogP contribution in [0.15, 0.2) is 60.7 Å². The summed E-state index contributed by atoms with van der Waals surface area (Å²) in [7, 11) is 0. The molecule has 1 saturated carbocycles. The van der Waals surface area contributed by atoms with Gasteiger partial charge in [-0.2, -0.15) is 13.2 Å². The van der Waals surface area contributed by atoms with Crippen LogP contribution < -0.4 is 5.32 Å². The standard InChI is InChI=1S/C27H28F3N3O/c28-27(29,30)23-18-21(20-12-4-5-13-22(20)31-23)25(34)32-24(19-10-2-1-3-11-19)26(14-6-7-15-26)33-16-8-9-17-33/h1-5,10-13,18,24H,6-9,14-17H2,(H,32,34). The third-order valence-electron chi connectivity index (χ3n) is 7.40. The van der Waals surface area contributed by atoms with Crippen molar-refractivity contribution in [3.8, 4) is 0 Å². The number of hydrogen-bond donors (Lipinski definition) is 1. The van der Waals surface area contributed by atoms with E-state index in [0.717, 1.165) is 63.2 Å². The second-order valence-electron chi connectivity index (χ2n) is 9.39. The lowest BCUT2D eigenvalue weighted by molar-refractivity contribution is -0.140. The van der Waals surface area contributed by atoms with Gasteiger partial charge in [-0.15, -0.1) is 0 Å². The van der Waals surface area contributed by atoms with Gasteiger partial charge in [-0.25, -0.2) is 4.98 Å². The zero-order valence-electron chi connectivity index (χ0n) is 18.9. The molecular formula is C27H28F3N3O. The Balaban J connectivity index is 1.59. The Kier molecular flexibility index (Phi) is 6.06. The Bertz CT molecular complexity index is 1170. The lowest BCUT2D eigenvalue weighted by Crippen LogP contribution is -2.55. The number of halogens is 3. The van der Waals surface area contributed by atoms with Gasteiger partial charge in [0.15, 0.2) is 0 Å². The van der Waals surface area contributed by atoms with Crippen molar-refractivity contribution < 1.29 is 18.0 Å². The molecule has 1 N–H and O–H groups in total. The van der Waals surface area contributed by atoms with E-state index in [1.54, 1.807) is 18.2 Å². The number of fused-ring (bicyclic) bond motifs is 1. The second-order valence-corrected chi connectivity index (χ2v) is 9.39. The molecule has 34 heavy (non-hydrogen) atoms. The van der Waals surface area contributed by atoms with E-state index in [4.69, 9.17) is 0 Å². The topological polar surface area (TPSA) is 45.2 Å². The zero-order chi connectivity index (χ0) is 23.8. The van der Waals surface area contributed by atoms with Crippen LogP contribution in [0.3, 0.4) is 0 Å². The number of carbonyl (C=O) groups excluding carboxylic acids is 1. The Morgan fingerprint density at radius 3 is 2.26 bits per heavy atom. The minimum Gasteiger partial charge on any atom is -0.343 e. The number of likely N-dealkylation sites (tertiary alicyclic amines) is 1. The van der Waals surface area contributed by atoms with Gasteiger partial charge in [0, 0.05) is 10.9 Å². The van der Waals surface area contributed by atoms with E-state index < -0.39 is 17.8 Å². The maximum Gasteiger partial charge on any atom is 0.433 e. The molecule has 178 valence electrons. The molecule has 4 nitrogen and oxygen atoms in total. The van der Waals surface area contributed by atoms with E-state index in [1.165, 1.54) is 6.07 Å². The van der Waals surface area contributed by atoms with Gasteiger partial charge in [-0.1, -0.05) is 61.4 Å². The van der Waals surface area contributed by atoms with Crippen LogP contribution in [-0.4, -0.2) is 34.4 Å². The molecule has 0 radical (unpaired) electrons. The molecule has 5 rings (SSSR count). The third-order valence-corrected chi connectivity index (χ3v) is 7.40. The Morgan fingerprint density at radius 1 is 0.941 bits per heavy atom. The number of rotatable bonds is 5. The summed E-state index contributed by atoms with van der Waals surface area (Å²) >= 11 is 0. The van der Waals surface area contributed by atoms with Gasteiger partial charge in [-0.05, 0) is 56.5 Å². The van der Waals surface area contributed by atoms with Crippen molar-refractivity contribution in [2.24, 2.45) is 0 Å². The van der Waals surface area contributed by atoms with Crippen molar-refractivity contribution in [2.45, 2.75) is 56.3 Å². The lowest BCUT2D eigenvalue weighted by Gasteiger charge is -2.45. The molecule has 2 heterocycles. The molecule has 2 aliphatic rings. The molecular weight excluding hydrogens is 439 g/mol. The van der Waals surface area contributed by atoms with Crippen LogP contribution in [0.1, 0.15) is 66.2 Å². The van der Waals surface area contributed by atoms with E-state index in [-0.39, 0.29) is 22.7 Å². The summed E-state index contributed by atoms with van der Waals surface area (Å²) in [6.07, 6.45) is 1.68. The average molecular weight is 468 g/mol. The van der Waals surface area contributed by atoms with E-state index in [9.17, 15) is 18.0 Å². The van der Waals surface area contributed by atoms with Crippen LogP contribution >= 0.6 is 0 Å². The van der Waals surface area contributed by atoms with Crippen LogP contribution in [0.4, 0.5) is 13.2 Å². The summed E-state index contributed by atoms with van der Waals surface area (Å²) in [5, 5.41) is 3.62. The molecule has 1 aromatic heterocycles. The van der Waals surface area contributed by atoms with E-state index in [0.29, 0.717) is 5.39 Å². The molecule has 7 heteroatoms. The van der Waals surface area contributed by atoms with Gasteiger partial charge >= 0.3 is 6.18 Å². The molecule has 1 aliphatic carbocycles. The van der Waals surface area contributed by atoms with Crippen LogP contribution in [0.25, 0.3) is 10.9 Å². The number of carbonyl (C=O) groups is 1. The van der Waals surface area contributed by atoms with Gasteiger partial charge in [0.05, 0.1) is 17.1 Å². The summed E-state index contributed by atoms with van der Waals surface area (Å²) in [4.78, 5) is 20.0. The first-order valence-electron chi connectivity index (χ1n) is 12.0. The number of para-hydroxylation sites is 1. The number of nitrogens with zero attached hydrogens (tertiary/aromatic N) is 2. The number of aromatic nitrogens is 1. The number of nitrogens with one attached hydrogen (secondary N) is 1. The quantitative estimate of drug-likeness (QED) is 0.491. The summed E-state index contributed by atoms with van der Waals surface area (Å²) < 4.78 is 40.8. The minimum atomic E-state index is -4.64. The molecule has 1 amide bonds. The largest absolute Gasteiger partial charge is 0.433 e. The summed E-state index contributed by atoms with van der Waals surface area (Å²) in [6, 6.07) is 16.9. The van der Waals surface area contributed by atoms with Gasteiger partial charge in [0.25, 0.3) is 5.91 Å². The predicted octanol–water partition coefficient (Wildman–Crippen LogP) is 6.13. The van der Waals surface area contributed by atoms with Gasteiger partial charge in [0.1, 0.15) is 5.69 Å². The van der Waals surface area contributed by atoms with Crippen molar-refractivity contribution in [2.75, 3.05) is 13.1 Å². The van der Waals surface area contributed by atoms with E-state index >= 15 is 0 Å². The first kappa shape index (κ1) is 22.8. The fraction of sp³-hybridized carbons (Fsp3) is 0.407. The van der Waals surface area contributed by atoms with Gasteiger partial charge in [-0.3, -0.25) is 9.69 Å². The Morgan fingerprint density at radius 2 is 1.59 bits per heavy atom. The van der Waals surface area contributed by atoms with Crippen molar-refractivity contribution >= 4 is 16.8 Å². The zero-order valence-corrected chi connectivity index (χ0v) is 18.9. The minimum absolute atomic E-state index is 0.00780. The first-order valence-corrected chi connectivity index (χ1v) is 12.0. The maximum atomic E-state index is 13.7. The molecule has 2 aromatic carbocycles. The molecule has 2 fully saturated rings. The number of benzene rings is 2. The molecule has 1 saturated heterocycles. The molecule has 1 atom stereocenters. The van der Waals surface area contributed by atoms with Crippen molar-refractivity contribution in [1.82, 2.24) is 15.2 Å². The highest BCUT2D eigenvalue weighted by Gasteiger charge is 2.48. The monoisotopic (exact) mass is 467 g/mol. The van der Waals surface area contributed by atoms with E-state index in [1.807, 2.05) is 30.3 Å². The highest BCUT2D eigenvalue weighted by Crippen LogP contribution is 2.46. The number of amides is 1. The fourth-order valence-electron chi connectivity index (χ4n) is 5.83. The normalized spacial score (nSPS) is 19.4. The molecule has 1 aliphatic heterocycles. The molecule has 1 unspecified atom stereocenters. The number of alkyl halides is 3. The van der Waals surface area contributed by atoms with Crippen LogP contribution in [0, 0.1) is 0 Å². The SMILES string of the molecule is O=C(NC(c1ccccc1)C1(N2CCCC2)CCCC1)c1cc(C(F)(F)F)nc2ccccc12. The lowest BCUT2D eigenvalue weighted by atomic mass is 9.81. The second kappa shape index (κ2) is 9.02. The predicted molar refractivity (Wildman–Crippen MR) is 125 cm³/mol. The van der Waals surface area contributed by atoms with Crippen molar-refractivity contribution in [3.05, 3.63) is 77.5 Å². The van der Waals surface area contributed by atoms with Crippen LogP contribution in [-0.2, 0) is 6.18 Å². The number of hydrogen-bond acceptors (Lipinski definition) is 3. The van der Waals surface area contributed by atoms with Crippen LogP contribution in [0.2, 0.25) is 0 Å². The highest BCUT2D eigenvalue weighted by molar-refractivity contribution is 6.06. The molecule has 0 spiro atoms. The van der Waals surface area contributed by atoms with Gasteiger partial charge in [0.2, 0.25) is 0 Å². The van der Waals surface area contributed by atoms with E-state index in [2.05, 4.69) is 15.2 Å².